The van der Waals surface area contributed by atoms with Crippen molar-refractivity contribution in [2.75, 3.05) is 19.6 Å². The number of rotatable bonds is 7. The Hall–Kier alpha value is -3.19. The smallest absolute Gasteiger partial charge is 0.433 e. The number of alkyl halides is 3. The second-order valence-electron chi connectivity index (χ2n) is 11.7. The lowest BCUT2D eigenvalue weighted by atomic mass is 9.96. The first kappa shape index (κ1) is 29.8. The Morgan fingerprint density at radius 2 is 1.98 bits per heavy atom. The summed E-state index contributed by atoms with van der Waals surface area (Å²) in [6.45, 7) is 7.85. The zero-order chi connectivity index (χ0) is 29.4. The first-order valence-corrected chi connectivity index (χ1v) is 13.4. The lowest BCUT2D eigenvalue weighted by Crippen LogP contribution is -2.58. The van der Waals surface area contributed by atoms with Gasteiger partial charge in [-0.1, -0.05) is 6.92 Å². The first-order valence-electron chi connectivity index (χ1n) is 13.4. The van der Waals surface area contributed by atoms with Crippen LogP contribution >= 0.6 is 0 Å². The fourth-order valence-corrected chi connectivity index (χ4v) is 5.63. The van der Waals surface area contributed by atoms with Gasteiger partial charge in [-0.05, 0) is 51.7 Å². The SMILES string of the molecule is C[C@@H]1CCC(=O)N(C[C@H](CC(O)N2CCc3c(nc(-c4ccco4)nc3C(F)(F)F)C2)N(C(=O)O)C(C)(C)C)C1. The zero-order valence-corrected chi connectivity index (χ0v) is 23.1. The number of nitrogens with zero attached hydrogens (tertiary/aromatic N) is 5. The summed E-state index contributed by atoms with van der Waals surface area (Å²) >= 11 is 0. The van der Waals surface area contributed by atoms with Gasteiger partial charge in [-0.3, -0.25) is 14.6 Å². The van der Waals surface area contributed by atoms with Gasteiger partial charge in [-0.2, -0.15) is 13.2 Å². The first-order chi connectivity index (χ1) is 18.6. The second kappa shape index (κ2) is 11.4. The summed E-state index contributed by atoms with van der Waals surface area (Å²) in [6.07, 6.45) is -4.71. The maximum Gasteiger partial charge on any atom is 0.433 e. The normalized spacial score (nSPS) is 20.2. The Kier molecular flexibility index (Phi) is 8.46. The van der Waals surface area contributed by atoms with Crippen LogP contribution in [0.25, 0.3) is 11.6 Å². The van der Waals surface area contributed by atoms with Crippen molar-refractivity contribution in [3.63, 3.8) is 0 Å². The molecule has 0 saturated carbocycles. The Balaban J connectivity index is 1.61. The molecule has 4 heterocycles. The van der Waals surface area contributed by atoms with E-state index >= 15 is 0 Å². The summed E-state index contributed by atoms with van der Waals surface area (Å²) in [4.78, 5) is 37.6. The highest BCUT2D eigenvalue weighted by Gasteiger charge is 2.41. The van der Waals surface area contributed by atoms with Crippen molar-refractivity contribution in [1.82, 2.24) is 24.7 Å². The van der Waals surface area contributed by atoms with Crippen molar-refractivity contribution >= 4 is 12.0 Å². The van der Waals surface area contributed by atoms with E-state index in [4.69, 9.17) is 4.42 Å². The number of furan rings is 1. The van der Waals surface area contributed by atoms with Crippen LogP contribution in [-0.2, 0) is 23.9 Å². The number of likely N-dealkylation sites (tertiary alicyclic amines) is 1. The molecule has 0 bridgehead atoms. The number of aromatic nitrogens is 2. The molecule has 220 valence electrons. The molecule has 2 aromatic heterocycles. The maximum absolute atomic E-state index is 13.9. The molecule has 2 aliphatic heterocycles. The molecule has 13 heteroatoms. The van der Waals surface area contributed by atoms with E-state index in [9.17, 15) is 33.0 Å². The quantitative estimate of drug-likeness (QED) is 0.510. The predicted octanol–water partition coefficient (Wildman–Crippen LogP) is 4.23. The molecule has 0 aromatic carbocycles. The van der Waals surface area contributed by atoms with Crippen molar-refractivity contribution in [2.45, 2.75) is 83.9 Å². The largest absolute Gasteiger partial charge is 0.465 e. The fraction of sp³-hybridized carbons (Fsp3) is 0.630. The molecular formula is C27H36F3N5O5. The van der Waals surface area contributed by atoms with Gasteiger partial charge in [0.05, 0.1) is 18.0 Å². The monoisotopic (exact) mass is 567 g/mol. The van der Waals surface area contributed by atoms with Crippen LogP contribution in [0.3, 0.4) is 0 Å². The molecule has 1 saturated heterocycles. The molecule has 1 unspecified atom stereocenters. The lowest BCUT2D eigenvalue weighted by molar-refractivity contribution is -0.142. The Labute approximate surface area is 230 Å². The van der Waals surface area contributed by atoms with E-state index in [0.29, 0.717) is 13.0 Å². The Morgan fingerprint density at radius 1 is 1.25 bits per heavy atom. The van der Waals surface area contributed by atoms with Gasteiger partial charge in [-0.15, -0.1) is 0 Å². The lowest BCUT2D eigenvalue weighted by Gasteiger charge is -2.44. The molecule has 2 aliphatic rings. The molecule has 0 spiro atoms. The summed E-state index contributed by atoms with van der Waals surface area (Å²) in [5.74, 6) is 0.0905. The third kappa shape index (κ3) is 6.57. The van der Waals surface area contributed by atoms with Gasteiger partial charge in [0.2, 0.25) is 5.91 Å². The van der Waals surface area contributed by atoms with Crippen molar-refractivity contribution in [2.24, 2.45) is 5.92 Å². The third-order valence-corrected chi connectivity index (χ3v) is 7.47. The van der Waals surface area contributed by atoms with Crippen molar-refractivity contribution in [3.05, 3.63) is 35.3 Å². The van der Waals surface area contributed by atoms with Crippen LogP contribution < -0.4 is 0 Å². The van der Waals surface area contributed by atoms with Crippen molar-refractivity contribution < 1.29 is 37.4 Å². The van der Waals surface area contributed by atoms with Gasteiger partial charge in [0, 0.05) is 50.1 Å². The number of amides is 2. The molecular weight excluding hydrogens is 531 g/mol. The highest BCUT2D eigenvalue weighted by molar-refractivity contribution is 5.77. The van der Waals surface area contributed by atoms with E-state index in [1.54, 1.807) is 30.6 Å². The van der Waals surface area contributed by atoms with Crippen LogP contribution in [0.1, 0.15) is 63.9 Å². The van der Waals surface area contributed by atoms with E-state index in [-0.39, 0.29) is 67.1 Å². The van der Waals surface area contributed by atoms with Crippen LogP contribution in [0.15, 0.2) is 22.8 Å². The number of fused-ring (bicyclic) bond motifs is 1. The highest BCUT2D eigenvalue weighted by atomic mass is 19.4. The molecule has 10 nitrogen and oxygen atoms in total. The topological polar surface area (TPSA) is 123 Å². The molecule has 2 amide bonds. The minimum absolute atomic E-state index is 0.0300. The number of carboxylic acid groups (broad SMARTS) is 1. The van der Waals surface area contributed by atoms with Crippen LogP contribution in [0, 0.1) is 5.92 Å². The number of hydrogen-bond acceptors (Lipinski definition) is 7. The molecule has 2 N–H and O–H groups in total. The van der Waals surface area contributed by atoms with E-state index in [1.165, 1.54) is 23.3 Å². The van der Waals surface area contributed by atoms with Crippen molar-refractivity contribution in [1.29, 1.82) is 0 Å². The summed E-state index contributed by atoms with van der Waals surface area (Å²) in [5, 5.41) is 21.4. The minimum Gasteiger partial charge on any atom is -0.465 e. The maximum atomic E-state index is 13.9. The number of halogens is 3. The van der Waals surface area contributed by atoms with Gasteiger partial charge < -0.3 is 19.5 Å². The van der Waals surface area contributed by atoms with Crippen molar-refractivity contribution in [3.8, 4) is 11.6 Å². The van der Waals surface area contributed by atoms with Gasteiger partial charge in [0.1, 0.15) is 6.23 Å². The van der Waals surface area contributed by atoms with Crippen LogP contribution in [0.4, 0.5) is 18.0 Å². The van der Waals surface area contributed by atoms with Crippen LogP contribution in [0.5, 0.6) is 0 Å². The summed E-state index contributed by atoms with van der Waals surface area (Å²) < 4.78 is 46.9. The third-order valence-electron chi connectivity index (χ3n) is 7.47. The molecule has 40 heavy (non-hydrogen) atoms. The number of carbonyl (C=O) groups is 2. The molecule has 0 radical (unpaired) electrons. The molecule has 4 rings (SSSR count). The van der Waals surface area contributed by atoms with Gasteiger partial charge in [0.25, 0.3) is 0 Å². The molecule has 0 aliphatic carbocycles. The van der Waals surface area contributed by atoms with Gasteiger partial charge in [0.15, 0.2) is 17.3 Å². The fourth-order valence-electron chi connectivity index (χ4n) is 5.63. The number of aliphatic hydroxyl groups excluding tert-OH is 1. The molecule has 1 fully saturated rings. The van der Waals surface area contributed by atoms with Gasteiger partial charge >= 0.3 is 12.3 Å². The summed E-state index contributed by atoms with van der Waals surface area (Å²) in [7, 11) is 0. The van der Waals surface area contributed by atoms with E-state index in [2.05, 4.69) is 9.97 Å². The zero-order valence-electron chi connectivity index (χ0n) is 23.1. The number of carbonyl (C=O) groups excluding carboxylic acids is 1. The summed E-state index contributed by atoms with van der Waals surface area (Å²) in [6, 6.07) is 2.24. The highest BCUT2D eigenvalue weighted by Crippen LogP contribution is 2.36. The predicted molar refractivity (Wildman–Crippen MR) is 138 cm³/mol. The van der Waals surface area contributed by atoms with E-state index < -0.39 is 35.8 Å². The van der Waals surface area contributed by atoms with Crippen LogP contribution in [-0.4, -0.2) is 84.3 Å². The number of piperidine rings is 1. The average molecular weight is 568 g/mol. The van der Waals surface area contributed by atoms with E-state index in [0.717, 1.165) is 6.42 Å². The Bertz CT molecular complexity index is 1210. The second-order valence-corrected chi connectivity index (χ2v) is 11.7. The minimum atomic E-state index is -4.70. The van der Waals surface area contributed by atoms with Gasteiger partial charge in [-0.25, -0.2) is 14.8 Å². The average Bonchev–Trinajstić information content (AvgIpc) is 3.38. The molecule has 2 aromatic rings. The number of hydrogen-bond donors (Lipinski definition) is 2. The number of aliphatic hydroxyl groups is 1. The van der Waals surface area contributed by atoms with E-state index in [1.807, 2.05) is 6.92 Å². The summed E-state index contributed by atoms with van der Waals surface area (Å²) in [5.41, 5.74) is -1.76. The Morgan fingerprint density at radius 3 is 2.58 bits per heavy atom. The standard InChI is InChI=1S/C27H36F3N5O5/c1-16-7-8-21(36)34(13-16)14-17(35(25(38)39)26(2,3)4)12-22(37)33-10-9-18-19(15-33)31-24(20-6-5-11-40-20)32-23(18)27(28,29)30/h5-6,11,16-17,22,37H,7-10,12-15H2,1-4H3,(H,38,39)/t16-,17+,22?/m1/s1. The van der Waals surface area contributed by atoms with Crippen LogP contribution in [0.2, 0.25) is 0 Å². The molecule has 3 atom stereocenters.